The predicted octanol–water partition coefficient (Wildman–Crippen LogP) is 4.34. The van der Waals surface area contributed by atoms with Gasteiger partial charge < -0.3 is 10.1 Å². The zero-order chi connectivity index (χ0) is 21.1. The van der Waals surface area contributed by atoms with Crippen molar-refractivity contribution in [1.29, 1.82) is 0 Å². The summed E-state index contributed by atoms with van der Waals surface area (Å²) in [6.07, 6.45) is 0. The SMILES string of the molecule is O=C(Oc1ccccc1)c1ccc(NC2=C(Cl)C(=O)N(c3ccccc3)C2=O)cc1. The standard InChI is InChI=1S/C23H15ClN2O4/c24-19-20(22(28)26(21(19)27)17-7-3-1-4-8-17)25-16-13-11-15(12-14-16)23(29)30-18-9-5-2-6-10-18/h1-14,25H. The Hall–Kier alpha value is -3.90. The molecule has 0 saturated carbocycles. The lowest BCUT2D eigenvalue weighted by molar-refractivity contribution is -0.120. The van der Waals surface area contributed by atoms with Crippen molar-refractivity contribution in [2.75, 3.05) is 10.2 Å². The number of nitrogens with one attached hydrogen (secondary N) is 1. The monoisotopic (exact) mass is 418 g/mol. The highest BCUT2D eigenvalue weighted by Gasteiger charge is 2.38. The number of carbonyl (C=O) groups excluding carboxylic acids is 3. The van der Waals surface area contributed by atoms with Gasteiger partial charge in [-0.3, -0.25) is 9.59 Å². The van der Waals surface area contributed by atoms with Crippen LogP contribution in [-0.4, -0.2) is 17.8 Å². The Kier molecular flexibility index (Phi) is 5.32. The minimum absolute atomic E-state index is 0.0230. The molecule has 0 atom stereocenters. The van der Waals surface area contributed by atoms with Gasteiger partial charge in [0.05, 0.1) is 11.3 Å². The van der Waals surface area contributed by atoms with Crippen LogP contribution < -0.4 is 15.0 Å². The molecule has 1 aliphatic heterocycles. The second-order valence-corrected chi connectivity index (χ2v) is 6.75. The van der Waals surface area contributed by atoms with Gasteiger partial charge in [-0.1, -0.05) is 48.0 Å². The lowest BCUT2D eigenvalue weighted by Gasteiger charge is -2.14. The molecule has 0 unspecified atom stereocenters. The van der Waals surface area contributed by atoms with Crippen LogP contribution in [0.2, 0.25) is 0 Å². The summed E-state index contributed by atoms with van der Waals surface area (Å²) < 4.78 is 5.29. The fraction of sp³-hybridized carbons (Fsp3) is 0. The van der Waals surface area contributed by atoms with Gasteiger partial charge in [0, 0.05) is 5.69 Å². The molecule has 3 aromatic carbocycles. The first-order valence-corrected chi connectivity index (χ1v) is 9.40. The number of anilines is 2. The van der Waals surface area contributed by atoms with E-state index in [4.69, 9.17) is 16.3 Å². The summed E-state index contributed by atoms with van der Waals surface area (Å²) in [6, 6.07) is 23.6. The summed E-state index contributed by atoms with van der Waals surface area (Å²) in [6.45, 7) is 0. The van der Waals surface area contributed by atoms with Crippen molar-refractivity contribution in [3.05, 3.63) is 101 Å². The van der Waals surface area contributed by atoms with Crippen molar-refractivity contribution in [3.63, 3.8) is 0 Å². The lowest BCUT2D eigenvalue weighted by Crippen LogP contribution is -2.32. The van der Waals surface area contributed by atoms with E-state index in [1.54, 1.807) is 78.9 Å². The van der Waals surface area contributed by atoms with Crippen LogP contribution in [0.1, 0.15) is 10.4 Å². The van der Waals surface area contributed by atoms with E-state index in [0.29, 0.717) is 22.7 Å². The molecular weight excluding hydrogens is 404 g/mol. The third kappa shape index (κ3) is 3.81. The molecular formula is C23H15ClN2O4. The average molecular weight is 419 g/mol. The summed E-state index contributed by atoms with van der Waals surface area (Å²) in [4.78, 5) is 38.4. The number of nitrogens with zero attached hydrogens (tertiary/aromatic N) is 1. The molecule has 1 N–H and O–H groups in total. The van der Waals surface area contributed by atoms with E-state index < -0.39 is 17.8 Å². The van der Waals surface area contributed by atoms with Gasteiger partial charge in [0.2, 0.25) is 0 Å². The van der Waals surface area contributed by atoms with Crippen LogP contribution in [0, 0.1) is 0 Å². The molecule has 0 aliphatic carbocycles. The van der Waals surface area contributed by atoms with Crippen LogP contribution in [-0.2, 0) is 9.59 Å². The second kappa shape index (κ2) is 8.23. The van der Waals surface area contributed by atoms with Crippen molar-refractivity contribution in [2.24, 2.45) is 0 Å². The first-order valence-electron chi connectivity index (χ1n) is 9.02. The van der Waals surface area contributed by atoms with Crippen molar-refractivity contribution in [3.8, 4) is 5.75 Å². The molecule has 6 nitrogen and oxygen atoms in total. The van der Waals surface area contributed by atoms with Crippen LogP contribution in [0.5, 0.6) is 5.75 Å². The molecule has 30 heavy (non-hydrogen) atoms. The number of carbonyl (C=O) groups is 3. The summed E-state index contributed by atoms with van der Waals surface area (Å²) in [5.41, 5.74) is 1.24. The number of ether oxygens (including phenoxy) is 1. The van der Waals surface area contributed by atoms with Crippen molar-refractivity contribution >= 4 is 40.8 Å². The fourth-order valence-electron chi connectivity index (χ4n) is 2.91. The molecule has 2 amide bonds. The maximum atomic E-state index is 12.7. The van der Waals surface area contributed by atoms with Gasteiger partial charge in [0.1, 0.15) is 16.5 Å². The van der Waals surface area contributed by atoms with E-state index in [1.807, 2.05) is 6.07 Å². The highest BCUT2D eigenvalue weighted by Crippen LogP contribution is 2.30. The zero-order valence-corrected chi connectivity index (χ0v) is 16.3. The Morgan fingerprint density at radius 1 is 0.800 bits per heavy atom. The molecule has 1 heterocycles. The van der Waals surface area contributed by atoms with Gasteiger partial charge in [-0.15, -0.1) is 0 Å². The average Bonchev–Trinajstić information content (AvgIpc) is 2.98. The summed E-state index contributed by atoms with van der Waals surface area (Å²) >= 11 is 6.12. The van der Waals surface area contributed by atoms with E-state index >= 15 is 0 Å². The number of amides is 2. The molecule has 0 aromatic heterocycles. The number of hydrogen-bond acceptors (Lipinski definition) is 5. The molecule has 3 aromatic rings. The van der Waals surface area contributed by atoms with Crippen LogP contribution in [0.3, 0.4) is 0 Å². The number of esters is 1. The van der Waals surface area contributed by atoms with Gasteiger partial charge in [0.15, 0.2) is 0 Å². The smallest absolute Gasteiger partial charge is 0.343 e. The number of para-hydroxylation sites is 2. The van der Waals surface area contributed by atoms with Gasteiger partial charge in [-0.25, -0.2) is 9.69 Å². The largest absolute Gasteiger partial charge is 0.423 e. The van der Waals surface area contributed by atoms with E-state index in [0.717, 1.165) is 4.90 Å². The molecule has 1 aliphatic rings. The van der Waals surface area contributed by atoms with Crippen LogP contribution in [0.25, 0.3) is 0 Å². The third-order valence-corrected chi connectivity index (χ3v) is 4.74. The zero-order valence-electron chi connectivity index (χ0n) is 15.5. The Labute approximate surface area is 177 Å². The van der Waals surface area contributed by atoms with E-state index in [2.05, 4.69) is 5.32 Å². The summed E-state index contributed by atoms with van der Waals surface area (Å²) in [5, 5.41) is 2.67. The Balaban J connectivity index is 1.48. The Morgan fingerprint density at radius 2 is 1.40 bits per heavy atom. The maximum absolute atomic E-state index is 12.7. The van der Waals surface area contributed by atoms with Gasteiger partial charge in [-0.05, 0) is 48.5 Å². The second-order valence-electron chi connectivity index (χ2n) is 6.38. The van der Waals surface area contributed by atoms with Crippen LogP contribution in [0.4, 0.5) is 11.4 Å². The highest BCUT2D eigenvalue weighted by molar-refractivity contribution is 6.53. The van der Waals surface area contributed by atoms with Crippen LogP contribution >= 0.6 is 11.6 Å². The normalized spacial score (nSPS) is 13.6. The van der Waals surface area contributed by atoms with Crippen molar-refractivity contribution in [2.45, 2.75) is 0 Å². The summed E-state index contributed by atoms with van der Waals surface area (Å²) in [5.74, 6) is -1.22. The molecule has 7 heteroatoms. The predicted molar refractivity (Wildman–Crippen MR) is 113 cm³/mol. The molecule has 0 spiro atoms. The Morgan fingerprint density at radius 3 is 2.03 bits per heavy atom. The minimum Gasteiger partial charge on any atom is -0.423 e. The molecule has 0 saturated heterocycles. The van der Waals surface area contributed by atoms with Gasteiger partial charge in [-0.2, -0.15) is 0 Å². The van der Waals surface area contributed by atoms with Crippen LogP contribution in [0.15, 0.2) is 95.7 Å². The third-order valence-electron chi connectivity index (χ3n) is 4.39. The van der Waals surface area contributed by atoms with E-state index in [9.17, 15) is 14.4 Å². The number of hydrogen-bond donors (Lipinski definition) is 1. The molecule has 4 rings (SSSR count). The number of imide groups is 1. The Bertz CT molecular complexity index is 1140. The maximum Gasteiger partial charge on any atom is 0.343 e. The highest BCUT2D eigenvalue weighted by atomic mass is 35.5. The fourth-order valence-corrected chi connectivity index (χ4v) is 3.12. The summed E-state index contributed by atoms with van der Waals surface area (Å²) in [7, 11) is 0. The molecule has 0 fully saturated rings. The first-order chi connectivity index (χ1) is 14.5. The van der Waals surface area contributed by atoms with Crippen molar-refractivity contribution < 1.29 is 19.1 Å². The van der Waals surface area contributed by atoms with E-state index in [1.165, 1.54) is 0 Å². The van der Waals surface area contributed by atoms with Gasteiger partial charge >= 0.3 is 5.97 Å². The molecule has 148 valence electrons. The number of rotatable bonds is 5. The molecule has 0 radical (unpaired) electrons. The molecule has 0 bridgehead atoms. The minimum atomic E-state index is -0.599. The quantitative estimate of drug-likeness (QED) is 0.379. The lowest BCUT2D eigenvalue weighted by atomic mass is 10.2. The number of benzene rings is 3. The topological polar surface area (TPSA) is 75.7 Å². The number of halogens is 1. The first kappa shape index (κ1) is 19.4. The van der Waals surface area contributed by atoms with Gasteiger partial charge in [0.25, 0.3) is 11.8 Å². The van der Waals surface area contributed by atoms with Crippen molar-refractivity contribution in [1.82, 2.24) is 0 Å². The van der Waals surface area contributed by atoms with E-state index in [-0.39, 0.29) is 10.7 Å².